The zero-order chi connectivity index (χ0) is 16.6. The first-order valence-electron chi connectivity index (χ1n) is 7.72. The molecule has 24 heavy (non-hydrogen) atoms. The number of nitrogens with zero attached hydrogens (tertiary/aromatic N) is 3. The Bertz CT molecular complexity index is 981. The number of aryl methyl sites for hydroxylation is 2. The molecule has 122 valence electrons. The topological polar surface area (TPSA) is 76.9 Å². The van der Waals surface area contributed by atoms with Crippen LogP contribution in [-0.2, 0) is 22.9 Å². The van der Waals surface area contributed by atoms with Crippen LogP contribution in [0.3, 0.4) is 0 Å². The molecule has 0 aliphatic heterocycles. The predicted molar refractivity (Wildman–Crippen MR) is 90.6 cm³/mol. The number of sulfonamides is 1. The Labute approximate surface area is 140 Å². The summed E-state index contributed by atoms with van der Waals surface area (Å²) in [6.45, 7) is 0. The molecule has 0 unspecified atom stereocenters. The van der Waals surface area contributed by atoms with Gasteiger partial charge < -0.3 is 0 Å². The number of benzene rings is 1. The molecule has 0 bridgehead atoms. The van der Waals surface area contributed by atoms with Crippen LogP contribution in [0.4, 0.5) is 5.69 Å². The maximum atomic E-state index is 12.6. The molecule has 0 saturated carbocycles. The van der Waals surface area contributed by atoms with Crippen molar-refractivity contribution in [3.05, 3.63) is 66.1 Å². The summed E-state index contributed by atoms with van der Waals surface area (Å²) in [5.74, 6) is 0.566. The maximum absolute atomic E-state index is 12.6. The molecule has 0 amide bonds. The lowest BCUT2D eigenvalue weighted by Gasteiger charge is -2.08. The van der Waals surface area contributed by atoms with Gasteiger partial charge in [0.25, 0.3) is 10.0 Å². The van der Waals surface area contributed by atoms with Gasteiger partial charge >= 0.3 is 0 Å². The number of hydrogen-bond acceptors (Lipinski definition) is 4. The molecule has 1 aromatic carbocycles. The molecule has 0 saturated heterocycles. The fourth-order valence-corrected chi connectivity index (χ4v) is 3.89. The van der Waals surface area contributed by atoms with Crippen LogP contribution in [-0.4, -0.2) is 23.2 Å². The molecule has 1 aliphatic rings. The SMILES string of the molecule is O=S(=O)(Nc1ccc2c(c1)CCC2)c1cnn(-c2ccccn2)c1. The molecule has 0 atom stereocenters. The molecule has 0 fully saturated rings. The highest BCUT2D eigenvalue weighted by Crippen LogP contribution is 2.26. The number of fused-ring (bicyclic) bond motifs is 1. The monoisotopic (exact) mass is 340 g/mol. The van der Waals surface area contributed by atoms with Crippen molar-refractivity contribution in [3.63, 3.8) is 0 Å². The fourth-order valence-electron chi connectivity index (χ4n) is 2.91. The summed E-state index contributed by atoms with van der Waals surface area (Å²) in [7, 11) is -3.68. The average Bonchev–Trinajstić information content (AvgIpc) is 3.24. The summed E-state index contributed by atoms with van der Waals surface area (Å²) >= 11 is 0. The summed E-state index contributed by atoms with van der Waals surface area (Å²) in [6, 6.07) is 11.1. The second kappa shape index (κ2) is 5.76. The van der Waals surface area contributed by atoms with Crippen LogP contribution in [0, 0.1) is 0 Å². The highest BCUT2D eigenvalue weighted by molar-refractivity contribution is 7.92. The molecular weight excluding hydrogens is 324 g/mol. The van der Waals surface area contributed by atoms with E-state index in [1.54, 1.807) is 18.3 Å². The van der Waals surface area contributed by atoms with Crippen LogP contribution >= 0.6 is 0 Å². The molecule has 0 radical (unpaired) electrons. The zero-order valence-electron chi connectivity index (χ0n) is 12.9. The lowest BCUT2D eigenvalue weighted by molar-refractivity contribution is 0.601. The number of rotatable bonds is 4. The van der Waals surface area contributed by atoms with Crippen molar-refractivity contribution in [1.29, 1.82) is 0 Å². The Morgan fingerprint density at radius 1 is 1.08 bits per heavy atom. The third kappa shape index (κ3) is 2.78. The van der Waals surface area contributed by atoms with Crippen LogP contribution < -0.4 is 4.72 Å². The second-order valence-corrected chi connectivity index (χ2v) is 7.43. The number of anilines is 1. The zero-order valence-corrected chi connectivity index (χ0v) is 13.7. The van der Waals surface area contributed by atoms with Gasteiger partial charge in [0.2, 0.25) is 0 Å². The minimum Gasteiger partial charge on any atom is -0.280 e. The van der Waals surface area contributed by atoms with Gasteiger partial charge in [-0.3, -0.25) is 4.72 Å². The van der Waals surface area contributed by atoms with Crippen LogP contribution in [0.25, 0.3) is 5.82 Å². The van der Waals surface area contributed by atoms with E-state index >= 15 is 0 Å². The number of aromatic nitrogens is 3. The molecule has 6 nitrogen and oxygen atoms in total. The Morgan fingerprint density at radius 2 is 1.96 bits per heavy atom. The van der Waals surface area contributed by atoms with Gasteiger partial charge in [-0.1, -0.05) is 12.1 Å². The van der Waals surface area contributed by atoms with Gasteiger partial charge in [-0.05, 0) is 54.7 Å². The summed E-state index contributed by atoms with van der Waals surface area (Å²) in [5, 5.41) is 4.09. The van der Waals surface area contributed by atoms with Crippen molar-refractivity contribution >= 4 is 15.7 Å². The predicted octanol–water partition coefficient (Wildman–Crippen LogP) is 2.56. The fraction of sp³-hybridized carbons (Fsp3) is 0.176. The minimum absolute atomic E-state index is 0.105. The molecule has 4 rings (SSSR count). The van der Waals surface area contributed by atoms with E-state index in [0.29, 0.717) is 11.5 Å². The Kier molecular flexibility index (Phi) is 3.57. The van der Waals surface area contributed by atoms with E-state index < -0.39 is 10.0 Å². The standard InChI is InChI=1S/C17H16N4O2S/c22-24(23,20-15-8-7-13-4-3-5-14(13)10-15)16-11-19-21(12-16)17-6-1-2-9-18-17/h1-2,6-12,20H,3-5H2. The second-order valence-electron chi connectivity index (χ2n) is 5.75. The number of hydrogen-bond donors (Lipinski definition) is 1. The van der Waals surface area contributed by atoms with Gasteiger partial charge in [-0.15, -0.1) is 0 Å². The van der Waals surface area contributed by atoms with E-state index in [0.717, 1.165) is 19.3 Å². The Morgan fingerprint density at radius 3 is 2.79 bits per heavy atom. The molecule has 2 heterocycles. The lowest BCUT2D eigenvalue weighted by atomic mass is 10.1. The van der Waals surface area contributed by atoms with E-state index in [-0.39, 0.29) is 4.90 Å². The van der Waals surface area contributed by atoms with E-state index in [4.69, 9.17) is 0 Å². The van der Waals surface area contributed by atoms with E-state index in [2.05, 4.69) is 14.8 Å². The molecule has 3 aromatic rings. The van der Waals surface area contributed by atoms with Gasteiger partial charge in [-0.25, -0.2) is 18.1 Å². The van der Waals surface area contributed by atoms with Gasteiger partial charge in [0.1, 0.15) is 4.90 Å². The summed E-state index contributed by atoms with van der Waals surface area (Å²) in [5.41, 5.74) is 3.11. The minimum atomic E-state index is -3.68. The van der Waals surface area contributed by atoms with Crippen molar-refractivity contribution in [1.82, 2.24) is 14.8 Å². The van der Waals surface area contributed by atoms with Gasteiger partial charge in [0.05, 0.1) is 12.4 Å². The maximum Gasteiger partial charge on any atom is 0.265 e. The lowest BCUT2D eigenvalue weighted by Crippen LogP contribution is -2.12. The van der Waals surface area contributed by atoms with Crippen LogP contribution in [0.15, 0.2) is 59.9 Å². The van der Waals surface area contributed by atoms with E-state index in [1.165, 1.54) is 28.2 Å². The van der Waals surface area contributed by atoms with Crippen molar-refractivity contribution in [2.24, 2.45) is 0 Å². The molecule has 2 aromatic heterocycles. The van der Waals surface area contributed by atoms with Gasteiger partial charge in [0.15, 0.2) is 5.82 Å². The summed E-state index contributed by atoms with van der Waals surface area (Å²) < 4.78 is 29.2. The Hall–Kier alpha value is -2.67. The van der Waals surface area contributed by atoms with Crippen molar-refractivity contribution in [3.8, 4) is 5.82 Å². The highest BCUT2D eigenvalue weighted by Gasteiger charge is 2.19. The molecule has 0 spiro atoms. The average molecular weight is 340 g/mol. The molecular formula is C17H16N4O2S. The third-order valence-corrected chi connectivity index (χ3v) is 5.44. The Balaban J connectivity index is 1.60. The van der Waals surface area contributed by atoms with Gasteiger partial charge in [-0.2, -0.15) is 5.10 Å². The van der Waals surface area contributed by atoms with Crippen LogP contribution in [0.1, 0.15) is 17.5 Å². The van der Waals surface area contributed by atoms with Crippen molar-refractivity contribution < 1.29 is 8.42 Å². The summed E-state index contributed by atoms with van der Waals surface area (Å²) in [4.78, 5) is 4.26. The number of nitrogens with one attached hydrogen (secondary N) is 1. The highest BCUT2D eigenvalue weighted by atomic mass is 32.2. The van der Waals surface area contributed by atoms with Crippen molar-refractivity contribution in [2.75, 3.05) is 4.72 Å². The van der Waals surface area contributed by atoms with Crippen molar-refractivity contribution in [2.45, 2.75) is 24.2 Å². The van der Waals surface area contributed by atoms with Crippen LogP contribution in [0.5, 0.6) is 0 Å². The molecule has 7 heteroatoms. The summed E-state index contributed by atoms with van der Waals surface area (Å²) in [6.07, 6.45) is 7.61. The normalized spacial score (nSPS) is 13.7. The van der Waals surface area contributed by atoms with E-state index in [1.807, 2.05) is 24.3 Å². The molecule has 1 N–H and O–H groups in total. The first-order valence-corrected chi connectivity index (χ1v) is 9.21. The largest absolute Gasteiger partial charge is 0.280 e. The molecule has 1 aliphatic carbocycles. The first kappa shape index (κ1) is 14.9. The van der Waals surface area contributed by atoms with Crippen LogP contribution in [0.2, 0.25) is 0 Å². The van der Waals surface area contributed by atoms with E-state index in [9.17, 15) is 8.42 Å². The van der Waals surface area contributed by atoms with Gasteiger partial charge in [0, 0.05) is 11.9 Å². The third-order valence-electron chi connectivity index (χ3n) is 4.10. The quantitative estimate of drug-likeness (QED) is 0.792. The number of pyridine rings is 1. The smallest absolute Gasteiger partial charge is 0.265 e. The first-order chi connectivity index (χ1) is 11.6.